The lowest BCUT2D eigenvalue weighted by atomic mass is 10.1. The lowest BCUT2D eigenvalue weighted by molar-refractivity contribution is 0.163. The molecule has 0 bridgehead atoms. The molecule has 24 heavy (non-hydrogen) atoms. The number of rotatable bonds is 15. The van der Waals surface area contributed by atoms with Crippen LogP contribution >= 0.6 is 0 Å². The lowest BCUT2D eigenvalue weighted by Gasteiger charge is -2.07. The molecule has 2 unspecified atom stereocenters. The summed E-state index contributed by atoms with van der Waals surface area (Å²) in [6.45, 7) is 5.14. The molecular formula is C21H39NO2. The number of ether oxygens (including phenoxy) is 1. The summed E-state index contributed by atoms with van der Waals surface area (Å²) in [6.07, 6.45) is 19.8. The summed E-state index contributed by atoms with van der Waals surface area (Å²) in [4.78, 5) is 4.39. The third kappa shape index (κ3) is 11.7. The van der Waals surface area contributed by atoms with Crippen LogP contribution in [0.4, 0.5) is 0 Å². The van der Waals surface area contributed by atoms with Crippen molar-refractivity contribution in [1.82, 2.24) is 0 Å². The van der Waals surface area contributed by atoms with E-state index in [9.17, 15) is 5.11 Å². The summed E-state index contributed by atoms with van der Waals surface area (Å²) in [5.74, 6) is 0.971. The van der Waals surface area contributed by atoms with Crippen LogP contribution in [-0.2, 0) is 4.74 Å². The van der Waals surface area contributed by atoms with E-state index >= 15 is 0 Å². The third-order valence-corrected chi connectivity index (χ3v) is 4.59. The molecule has 0 aromatic carbocycles. The van der Waals surface area contributed by atoms with Crippen LogP contribution in [0.5, 0.6) is 0 Å². The number of unbranched alkanes of at least 4 members (excludes halogenated alkanes) is 8. The summed E-state index contributed by atoms with van der Waals surface area (Å²) in [5.41, 5.74) is 0. The molecule has 0 aromatic heterocycles. The van der Waals surface area contributed by atoms with Crippen LogP contribution in [0.3, 0.4) is 0 Å². The maximum absolute atomic E-state index is 9.88. The van der Waals surface area contributed by atoms with Crippen molar-refractivity contribution in [2.24, 2.45) is 4.99 Å². The smallest absolute Gasteiger partial charge is 0.183 e. The van der Waals surface area contributed by atoms with Crippen molar-refractivity contribution in [3.05, 3.63) is 12.2 Å². The number of allylic oxidation sites excluding steroid dienone is 1. The zero-order valence-electron chi connectivity index (χ0n) is 16.0. The Morgan fingerprint density at radius 1 is 1.08 bits per heavy atom. The number of hydrogen-bond acceptors (Lipinski definition) is 3. The van der Waals surface area contributed by atoms with Gasteiger partial charge in [-0.15, -0.1) is 0 Å². The number of hydrogen-bond donors (Lipinski definition) is 1. The highest BCUT2D eigenvalue weighted by molar-refractivity contribution is 5.77. The van der Waals surface area contributed by atoms with Gasteiger partial charge in [-0.05, 0) is 39.0 Å². The molecule has 140 valence electrons. The fourth-order valence-corrected chi connectivity index (χ4v) is 3.04. The minimum Gasteiger partial charge on any atom is -0.476 e. The first-order valence-electron chi connectivity index (χ1n) is 10.3. The number of aliphatic imine (C=N–C) groups is 1. The van der Waals surface area contributed by atoms with Crippen molar-refractivity contribution in [2.75, 3.05) is 6.54 Å². The summed E-state index contributed by atoms with van der Waals surface area (Å²) in [6, 6.07) is 0. The van der Waals surface area contributed by atoms with Crippen molar-refractivity contribution in [3.63, 3.8) is 0 Å². The van der Waals surface area contributed by atoms with Gasteiger partial charge in [-0.2, -0.15) is 0 Å². The van der Waals surface area contributed by atoms with E-state index in [1.807, 2.05) is 0 Å². The fraction of sp³-hybridized carbons (Fsp3) is 0.857. The first-order chi connectivity index (χ1) is 11.7. The van der Waals surface area contributed by atoms with Crippen molar-refractivity contribution in [1.29, 1.82) is 0 Å². The minimum atomic E-state index is -0.137. The third-order valence-electron chi connectivity index (χ3n) is 4.59. The molecule has 0 saturated carbocycles. The molecule has 1 rings (SSSR count). The maximum Gasteiger partial charge on any atom is 0.183 e. The molecule has 0 spiro atoms. The summed E-state index contributed by atoms with van der Waals surface area (Å²) < 4.78 is 5.61. The van der Waals surface area contributed by atoms with Gasteiger partial charge in [-0.25, -0.2) is 0 Å². The Labute approximate surface area is 149 Å². The topological polar surface area (TPSA) is 41.8 Å². The molecule has 1 N–H and O–H groups in total. The second-order valence-corrected chi connectivity index (χ2v) is 7.18. The van der Waals surface area contributed by atoms with Gasteiger partial charge in [-0.3, -0.25) is 4.99 Å². The first kappa shape index (κ1) is 21.2. The van der Waals surface area contributed by atoms with Crippen molar-refractivity contribution in [2.45, 2.75) is 110 Å². The summed E-state index contributed by atoms with van der Waals surface area (Å²) >= 11 is 0. The fourth-order valence-electron chi connectivity index (χ4n) is 3.04. The van der Waals surface area contributed by atoms with Gasteiger partial charge >= 0.3 is 0 Å². The zero-order valence-corrected chi connectivity index (χ0v) is 16.0. The molecule has 0 saturated heterocycles. The van der Waals surface area contributed by atoms with E-state index in [1.165, 1.54) is 57.8 Å². The average molecular weight is 338 g/mol. The van der Waals surface area contributed by atoms with Crippen LogP contribution in [0.25, 0.3) is 0 Å². The van der Waals surface area contributed by atoms with Crippen LogP contribution in [-0.4, -0.2) is 29.8 Å². The van der Waals surface area contributed by atoms with Crippen LogP contribution in [0.15, 0.2) is 17.1 Å². The van der Waals surface area contributed by atoms with E-state index in [4.69, 9.17) is 4.74 Å². The average Bonchev–Trinajstić information content (AvgIpc) is 2.98. The van der Waals surface area contributed by atoms with E-state index < -0.39 is 0 Å². The molecule has 2 atom stereocenters. The lowest BCUT2D eigenvalue weighted by Crippen LogP contribution is -2.07. The van der Waals surface area contributed by atoms with Gasteiger partial charge in [-0.1, -0.05) is 64.0 Å². The van der Waals surface area contributed by atoms with Gasteiger partial charge in [0.25, 0.3) is 0 Å². The molecule has 1 aliphatic rings. The maximum atomic E-state index is 9.88. The predicted molar refractivity (Wildman–Crippen MR) is 104 cm³/mol. The van der Waals surface area contributed by atoms with E-state index in [0.717, 1.165) is 38.1 Å². The normalized spacial score (nSPS) is 18.8. The molecule has 0 fully saturated rings. The van der Waals surface area contributed by atoms with Gasteiger partial charge in [0.1, 0.15) is 6.10 Å². The molecule has 1 heterocycles. The summed E-state index contributed by atoms with van der Waals surface area (Å²) in [7, 11) is 0. The standard InChI is InChI=1S/C21H39NO2/c1-3-4-5-12-15-20(23)16-13-10-8-6-7-9-11-14-17-21-22-18-19(2)24-21/h10,13,19-20,23H,3-9,11-12,14-18H2,1-2H3. The second kappa shape index (κ2) is 14.5. The molecule has 0 aliphatic carbocycles. The molecule has 0 aromatic rings. The molecule has 1 aliphatic heterocycles. The van der Waals surface area contributed by atoms with Crippen molar-refractivity contribution in [3.8, 4) is 0 Å². The van der Waals surface area contributed by atoms with Crippen molar-refractivity contribution < 1.29 is 9.84 Å². The SMILES string of the molecule is CCCCCCC(O)CC=CCCCCCCCC1=NCC(C)O1. The first-order valence-corrected chi connectivity index (χ1v) is 10.3. The Hall–Kier alpha value is -0.830. The molecule has 3 nitrogen and oxygen atoms in total. The Morgan fingerprint density at radius 2 is 1.83 bits per heavy atom. The highest BCUT2D eigenvalue weighted by Gasteiger charge is 2.13. The number of aliphatic hydroxyl groups excluding tert-OH is 1. The quantitative estimate of drug-likeness (QED) is 0.302. The Kier molecular flexibility index (Phi) is 12.8. The Morgan fingerprint density at radius 3 is 2.58 bits per heavy atom. The number of nitrogens with zero attached hydrogens (tertiary/aromatic N) is 1. The van der Waals surface area contributed by atoms with Crippen molar-refractivity contribution >= 4 is 5.90 Å². The van der Waals surface area contributed by atoms with Crippen LogP contribution in [0.1, 0.15) is 97.3 Å². The second-order valence-electron chi connectivity index (χ2n) is 7.18. The monoisotopic (exact) mass is 337 g/mol. The van der Waals surface area contributed by atoms with Crippen LogP contribution in [0, 0.1) is 0 Å². The predicted octanol–water partition coefficient (Wildman–Crippen LogP) is 5.81. The molecule has 3 heteroatoms. The van der Waals surface area contributed by atoms with Gasteiger partial charge in [0.15, 0.2) is 5.90 Å². The number of aliphatic hydroxyl groups is 1. The molecule has 0 amide bonds. The highest BCUT2D eigenvalue weighted by Crippen LogP contribution is 2.13. The molecular weight excluding hydrogens is 298 g/mol. The minimum absolute atomic E-state index is 0.137. The van der Waals surface area contributed by atoms with Crippen LogP contribution < -0.4 is 0 Å². The Balaban J connectivity index is 1.82. The van der Waals surface area contributed by atoms with Gasteiger partial charge < -0.3 is 9.84 Å². The van der Waals surface area contributed by atoms with Crippen LogP contribution in [0.2, 0.25) is 0 Å². The van der Waals surface area contributed by atoms with Gasteiger partial charge in [0, 0.05) is 6.42 Å². The van der Waals surface area contributed by atoms with E-state index in [0.29, 0.717) is 6.10 Å². The summed E-state index contributed by atoms with van der Waals surface area (Å²) in [5, 5.41) is 9.88. The Bertz CT molecular complexity index is 352. The zero-order chi connectivity index (χ0) is 17.5. The highest BCUT2D eigenvalue weighted by atomic mass is 16.5. The van der Waals surface area contributed by atoms with E-state index in [2.05, 4.69) is 31.0 Å². The van der Waals surface area contributed by atoms with Gasteiger partial charge in [0.2, 0.25) is 0 Å². The molecule has 0 radical (unpaired) electrons. The van der Waals surface area contributed by atoms with E-state index in [-0.39, 0.29) is 6.10 Å². The van der Waals surface area contributed by atoms with E-state index in [1.54, 1.807) is 0 Å². The van der Waals surface area contributed by atoms with Gasteiger partial charge in [0.05, 0.1) is 12.6 Å². The largest absolute Gasteiger partial charge is 0.476 e.